The molecule has 2 amide bonds. The number of nitrogens with one attached hydrogen (secondary N) is 1. The first-order valence-electron chi connectivity index (χ1n) is 9.05. The van der Waals surface area contributed by atoms with Crippen LogP contribution in [0.25, 0.3) is 0 Å². The van der Waals surface area contributed by atoms with Crippen LogP contribution in [0.2, 0.25) is 5.02 Å². The molecule has 1 saturated heterocycles. The van der Waals surface area contributed by atoms with Gasteiger partial charge in [0.1, 0.15) is 11.9 Å². The third kappa shape index (κ3) is 4.48. The Balaban J connectivity index is 1.65. The van der Waals surface area contributed by atoms with E-state index in [0.29, 0.717) is 24.9 Å². The van der Waals surface area contributed by atoms with E-state index in [1.165, 1.54) is 12.1 Å². The molecule has 1 fully saturated rings. The van der Waals surface area contributed by atoms with E-state index in [1.54, 1.807) is 11.0 Å². The summed E-state index contributed by atoms with van der Waals surface area (Å²) in [6, 6.07) is 13.4. The molecule has 3 rings (SSSR count). The average molecular weight is 389 g/mol. The number of nitrogens with zero attached hydrogens (tertiary/aromatic N) is 1. The summed E-state index contributed by atoms with van der Waals surface area (Å²) in [6.07, 6.45) is 1.12. The summed E-state index contributed by atoms with van der Waals surface area (Å²) in [5, 5.41) is 3.10. The smallest absolute Gasteiger partial charge is 0.243 e. The highest BCUT2D eigenvalue weighted by atomic mass is 35.5. The topological polar surface area (TPSA) is 49.4 Å². The molecule has 2 aromatic carbocycles. The largest absolute Gasteiger partial charge is 0.350 e. The number of hydrogen-bond acceptors (Lipinski definition) is 2. The number of carbonyl (C=O) groups excluding carboxylic acids is 2. The number of hydrogen-bond donors (Lipinski definition) is 1. The van der Waals surface area contributed by atoms with Crippen LogP contribution in [0.1, 0.15) is 24.5 Å². The van der Waals surface area contributed by atoms with Crippen LogP contribution < -0.4 is 5.32 Å². The van der Waals surface area contributed by atoms with Gasteiger partial charge in [0.2, 0.25) is 11.8 Å². The van der Waals surface area contributed by atoms with Gasteiger partial charge in [-0.1, -0.05) is 48.0 Å². The Kier molecular flexibility index (Phi) is 6.11. The van der Waals surface area contributed by atoms with Crippen molar-refractivity contribution in [3.63, 3.8) is 0 Å². The summed E-state index contributed by atoms with van der Waals surface area (Å²) < 4.78 is 13.1. The Morgan fingerprint density at radius 2 is 2.00 bits per heavy atom. The van der Waals surface area contributed by atoms with Gasteiger partial charge < -0.3 is 10.2 Å². The van der Waals surface area contributed by atoms with E-state index < -0.39 is 11.9 Å². The summed E-state index contributed by atoms with van der Waals surface area (Å²) in [6.45, 7) is 2.56. The molecule has 4 nitrogen and oxygen atoms in total. The summed E-state index contributed by atoms with van der Waals surface area (Å²) in [7, 11) is 0. The molecule has 0 radical (unpaired) electrons. The predicted molar refractivity (Wildman–Crippen MR) is 103 cm³/mol. The number of amides is 2. The van der Waals surface area contributed by atoms with Crippen molar-refractivity contribution >= 4 is 23.4 Å². The molecule has 6 heteroatoms. The molecule has 1 N–H and O–H groups in total. The van der Waals surface area contributed by atoms with E-state index in [4.69, 9.17) is 11.6 Å². The molecular weight excluding hydrogens is 367 g/mol. The fraction of sp³-hybridized carbons (Fsp3) is 0.333. The Morgan fingerprint density at radius 1 is 1.26 bits per heavy atom. The molecule has 0 saturated carbocycles. The molecule has 0 bridgehead atoms. The highest BCUT2D eigenvalue weighted by Crippen LogP contribution is 2.28. The van der Waals surface area contributed by atoms with Gasteiger partial charge in [-0.15, -0.1) is 0 Å². The SMILES string of the molecule is CCN1C(=O)[C@@H](Cc2ccccc2)C[C@H]1C(=O)NCc1ccc(F)cc1Cl. The van der Waals surface area contributed by atoms with Gasteiger partial charge in [0.05, 0.1) is 0 Å². The van der Waals surface area contributed by atoms with E-state index in [0.717, 1.165) is 5.56 Å². The Labute approximate surface area is 163 Å². The monoisotopic (exact) mass is 388 g/mol. The summed E-state index contributed by atoms with van der Waals surface area (Å²) >= 11 is 6.01. The van der Waals surface area contributed by atoms with E-state index >= 15 is 0 Å². The quantitative estimate of drug-likeness (QED) is 0.822. The van der Waals surface area contributed by atoms with Crippen molar-refractivity contribution in [1.82, 2.24) is 10.2 Å². The molecule has 0 aromatic heterocycles. The second kappa shape index (κ2) is 8.53. The van der Waals surface area contributed by atoms with Crippen molar-refractivity contribution in [2.45, 2.75) is 32.4 Å². The van der Waals surface area contributed by atoms with Gasteiger partial charge in [-0.2, -0.15) is 0 Å². The van der Waals surface area contributed by atoms with Crippen LogP contribution in [0.3, 0.4) is 0 Å². The number of rotatable bonds is 6. The maximum atomic E-state index is 13.1. The molecule has 0 aliphatic carbocycles. The van der Waals surface area contributed by atoms with Crippen molar-refractivity contribution in [2.75, 3.05) is 6.54 Å². The normalized spacial score (nSPS) is 19.4. The zero-order valence-corrected chi connectivity index (χ0v) is 15.9. The molecule has 1 aliphatic rings. The highest BCUT2D eigenvalue weighted by Gasteiger charge is 2.42. The zero-order valence-electron chi connectivity index (χ0n) is 15.1. The number of halogens is 2. The molecule has 2 aromatic rings. The third-order valence-corrected chi connectivity index (χ3v) is 5.30. The summed E-state index contributed by atoms with van der Waals surface area (Å²) in [5.41, 5.74) is 1.73. The maximum absolute atomic E-state index is 13.1. The predicted octanol–water partition coefficient (Wildman–Crippen LogP) is 3.58. The van der Waals surface area contributed by atoms with Crippen molar-refractivity contribution in [1.29, 1.82) is 0 Å². The summed E-state index contributed by atoms with van der Waals surface area (Å²) in [4.78, 5) is 27.0. The molecule has 1 aliphatic heterocycles. The fourth-order valence-corrected chi connectivity index (χ4v) is 3.78. The van der Waals surface area contributed by atoms with Crippen molar-refractivity contribution in [3.8, 4) is 0 Å². The fourth-order valence-electron chi connectivity index (χ4n) is 3.54. The average Bonchev–Trinajstić information content (AvgIpc) is 2.97. The van der Waals surface area contributed by atoms with Crippen LogP contribution in [0.5, 0.6) is 0 Å². The Hall–Kier alpha value is -2.40. The van der Waals surface area contributed by atoms with Crippen molar-refractivity contribution < 1.29 is 14.0 Å². The van der Waals surface area contributed by atoms with Crippen LogP contribution >= 0.6 is 11.6 Å². The van der Waals surface area contributed by atoms with Gasteiger partial charge in [0.25, 0.3) is 0 Å². The third-order valence-electron chi connectivity index (χ3n) is 4.95. The van der Waals surface area contributed by atoms with Gasteiger partial charge in [-0.25, -0.2) is 4.39 Å². The van der Waals surface area contributed by atoms with E-state index in [1.807, 2.05) is 37.3 Å². The second-order valence-corrected chi connectivity index (χ2v) is 7.12. The lowest BCUT2D eigenvalue weighted by molar-refractivity contribution is -0.136. The first kappa shape index (κ1) is 19.4. The Morgan fingerprint density at radius 3 is 2.67 bits per heavy atom. The van der Waals surface area contributed by atoms with Gasteiger partial charge in [-0.05, 0) is 43.0 Å². The molecule has 0 spiro atoms. The van der Waals surface area contributed by atoms with Gasteiger partial charge in [0, 0.05) is 24.0 Å². The first-order valence-corrected chi connectivity index (χ1v) is 9.43. The van der Waals surface area contributed by atoms with E-state index in [9.17, 15) is 14.0 Å². The Bertz CT molecular complexity index is 828. The minimum atomic E-state index is -0.490. The number of carbonyl (C=O) groups is 2. The first-order chi connectivity index (χ1) is 13.0. The van der Waals surface area contributed by atoms with E-state index in [2.05, 4.69) is 5.32 Å². The minimum absolute atomic E-state index is 0.0151. The van der Waals surface area contributed by atoms with Gasteiger partial charge >= 0.3 is 0 Å². The second-order valence-electron chi connectivity index (χ2n) is 6.72. The highest BCUT2D eigenvalue weighted by molar-refractivity contribution is 6.31. The number of likely N-dealkylation sites (tertiary alicyclic amines) is 1. The lowest BCUT2D eigenvalue weighted by Gasteiger charge is -2.22. The van der Waals surface area contributed by atoms with Crippen LogP contribution in [0.4, 0.5) is 4.39 Å². The zero-order chi connectivity index (χ0) is 19.4. The van der Waals surface area contributed by atoms with Crippen LogP contribution in [0.15, 0.2) is 48.5 Å². The maximum Gasteiger partial charge on any atom is 0.243 e. The van der Waals surface area contributed by atoms with Crippen molar-refractivity contribution in [3.05, 3.63) is 70.5 Å². The van der Waals surface area contributed by atoms with E-state index in [-0.39, 0.29) is 29.3 Å². The van der Waals surface area contributed by atoms with Gasteiger partial charge in [0.15, 0.2) is 0 Å². The molecule has 1 heterocycles. The van der Waals surface area contributed by atoms with Crippen molar-refractivity contribution in [2.24, 2.45) is 5.92 Å². The van der Waals surface area contributed by atoms with Gasteiger partial charge in [-0.3, -0.25) is 9.59 Å². The van der Waals surface area contributed by atoms with Crippen LogP contribution in [0, 0.1) is 11.7 Å². The molecule has 2 atom stereocenters. The minimum Gasteiger partial charge on any atom is -0.350 e. The number of benzene rings is 2. The molecule has 27 heavy (non-hydrogen) atoms. The standard InChI is InChI=1S/C21H22ClFN2O2/c1-2-25-19(11-16(21(25)27)10-14-6-4-3-5-7-14)20(26)24-13-15-8-9-17(23)12-18(15)22/h3-9,12,16,19H,2,10-11,13H2,1H3,(H,24,26)/t16-,19-/m0/s1. The molecule has 142 valence electrons. The molecule has 0 unspecified atom stereocenters. The summed E-state index contributed by atoms with van der Waals surface area (Å²) in [5.74, 6) is -0.808. The number of likely N-dealkylation sites (N-methyl/N-ethyl adjacent to an activating group) is 1. The lowest BCUT2D eigenvalue weighted by atomic mass is 9.96. The molecular formula is C21H22ClFN2O2. The lowest BCUT2D eigenvalue weighted by Crippen LogP contribution is -2.44. The van der Waals surface area contributed by atoms with Crippen LogP contribution in [-0.2, 0) is 22.6 Å². The van der Waals surface area contributed by atoms with Crippen LogP contribution in [-0.4, -0.2) is 29.3 Å².